The number of carboxylic acids is 1. The van der Waals surface area contributed by atoms with Crippen LogP contribution >= 0.6 is 0 Å². The average Bonchev–Trinajstić information content (AvgIpc) is 2.29. The first kappa shape index (κ1) is 12.1. The van der Waals surface area contributed by atoms with E-state index in [0.29, 0.717) is 5.56 Å². The molecule has 0 bridgehead atoms. The summed E-state index contributed by atoms with van der Waals surface area (Å²) in [6.45, 7) is 3.94. The molecule has 0 aliphatic heterocycles. The number of nitrogen functional groups attached to an aromatic ring is 1. The number of aromatic nitrogens is 1. The summed E-state index contributed by atoms with van der Waals surface area (Å²) in [5.74, 6) is -0.792. The molecule has 0 amide bonds. The van der Waals surface area contributed by atoms with Gasteiger partial charge >= 0.3 is 5.97 Å². The molecule has 0 atom stereocenters. The predicted molar refractivity (Wildman–Crippen MR) is 70.5 cm³/mol. The number of hydrogen-bond acceptors (Lipinski definition) is 3. The van der Waals surface area contributed by atoms with Crippen molar-refractivity contribution in [3.05, 3.63) is 47.2 Å². The minimum Gasteiger partial charge on any atom is -0.478 e. The molecule has 0 aliphatic rings. The third-order valence-corrected chi connectivity index (χ3v) is 2.83. The Morgan fingerprint density at radius 2 is 1.94 bits per heavy atom. The first-order valence-electron chi connectivity index (χ1n) is 5.55. The van der Waals surface area contributed by atoms with Crippen LogP contribution in [-0.2, 0) is 0 Å². The predicted octanol–water partition coefficient (Wildman–Crippen LogP) is 2.65. The molecule has 0 unspecified atom stereocenters. The van der Waals surface area contributed by atoms with Gasteiger partial charge < -0.3 is 10.8 Å². The van der Waals surface area contributed by atoms with Crippen LogP contribution < -0.4 is 5.73 Å². The first-order valence-corrected chi connectivity index (χ1v) is 5.55. The van der Waals surface area contributed by atoms with E-state index in [2.05, 4.69) is 4.98 Å². The molecule has 0 saturated heterocycles. The number of rotatable bonds is 2. The van der Waals surface area contributed by atoms with E-state index in [9.17, 15) is 9.90 Å². The van der Waals surface area contributed by atoms with Gasteiger partial charge in [-0.05, 0) is 31.0 Å². The van der Waals surface area contributed by atoms with Crippen LogP contribution in [0, 0.1) is 13.8 Å². The Balaban J connectivity index is 2.67. The summed E-state index contributed by atoms with van der Waals surface area (Å²) in [6.07, 6.45) is 1.51. The van der Waals surface area contributed by atoms with Gasteiger partial charge in [-0.25, -0.2) is 9.78 Å². The number of benzene rings is 1. The smallest absolute Gasteiger partial charge is 0.336 e. The van der Waals surface area contributed by atoms with Gasteiger partial charge in [0, 0.05) is 11.8 Å². The second-order valence-electron chi connectivity index (χ2n) is 4.28. The molecular formula is C14H14N2O2. The highest BCUT2D eigenvalue weighted by Crippen LogP contribution is 2.27. The van der Waals surface area contributed by atoms with Gasteiger partial charge in [0.25, 0.3) is 0 Å². The van der Waals surface area contributed by atoms with Crippen LogP contribution in [0.1, 0.15) is 21.5 Å². The summed E-state index contributed by atoms with van der Waals surface area (Å²) >= 11 is 0. The molecule has 1 aromatic carbocycles. The molecule has 2 rings (SSSR count). The van der Waals surface area contributed by atoms with E-state index in [-0.39, 0.29) is 11.4 Å². The molecule has 4 heteroatoms. The van der Waals surface area contributed by atoms with Crippen LogP contribution in [0.5, 0.6) is 0 Å². The molecule has 18 heavy (non-hydrogen) atoms. The molecule has 1 heterocycles. The Hall–Kier alpha value is -2.36. The maximum Gasteiger partial charge on any atom is 0.336 e. The van der Waals surface area contributed by atoms with Crippen molar-refractivity contribution in [3.8, 4) is 11.1 Å². The molecule has 0 fully saturated rings. The van der Waals surface area contributed by atoms with Gasteiger partial charge in [-0.2, -0.15) is 0 Å². The molecule has 92 valence electrons. The summed E-state index contributed by atoms with van der Waals surface area (Å²) in [7, 11) is 0. The minimum atomic E-state index is -1.00. The van der Waals surface area contributed by atoms with Gasteiger partial charge in [-0.1, -0.05) is 23.8 Å². The third-order valence-electron chi connectivity index (χ3n) is 2.83. The zero-order valence-electron chi connectivity index (χ0n) is 10.3. The standard InChI is InChI=1S/C14H14N2O2/c1-8-3-4-10(9(2)5-8)12-7-16-13(15)6-11(12)14(17)18/h3-7H,1-2H3,(H2,15,16)(H,17,18). The third kappa shape index (κ3) is 2.18. The minimum absolute atomic E-state index is 0.175. The Bertz CT molecular complexity index is 621. The van der Waals surface area contributed by atoms with Gasteiger partial charge in [0.1, 0.15) is 5.82 Å². The highest BCUT2D eigenvalue weighted by atomic mass is 16.4. The lowest BCUT2D eigenvalue weighted by Crippen LogP contribution is -2.03. The summed E-state index contributed by atoms with van der Waals surface area (Å²) in [6, 6.07) is 7.25. The largest absolute Gasteiger partial charge is 0.478 e. The lowest BCUT2D eigenvalue weighted by atomic mass is 9.96. The maximum absolute atomic E-state index is 11.2. The van der Waals surface area contributed by atoms with E-state index in [4.69, 9.17) is 5.73 Å². The van der Waals surface area contributed by atoms with Crippen LogP contribution in [0.25, 0.3) is 11.1 Å². The van der Waals surface area contributed by atoms with E-state index < -0.39 is 5.97 Å². The van der Waals surface area contributed by atoms with E-state index >= 15 is 0 Å². The van der Waals surface area contributed by atoms with Crippen LogP contribution in [0.3, 0.4) is 0 Å². The second kappa shape index (κ2) is 4.49. The SMILES string of the molecule is Cc1ccc(-c2cnc(N)cc2C(=O)O)c(C)c1. The number of aromatic carboxylic acids is 1. The Labute approximate surface area is 105 Å². The van der Waals surface area contributed by atoms with Crippen molar-refractivity contribution in [1.82, 2.24) is 4.98 Å². The number of carbonyl (C=O) groups is 1. The van der Waals surface area contributed by atoms with E-state index in [0.717, 1.165) is 16.7 Å². The van der Waals surface area contributed by atoms with Crippen molar-refractivity contribution in [3.63, 3.8) is 0 Å². The molecule has 0 radical (unpaired) electrons. The highest BCUT2D eigenvalue weighted by Gasteiger charge is 2.14. The summed E-state index contributed by atoms with van der Waals surface area (Å²) in [5.41, 5.74) is 9.32. The van der Waals surface area contributed by atoms with Gasteiger partial charge in [-0.3, -0.25) is 0 Å². The van der Waals surface area contributed by atoms with Crippen LogP contribution in [0.2, 0.25) is 0 Å². The van der Waals surface area contributed by atoms with Crippen molar-refractivity contribution < 1.29 is 9.90 Å². The van der Waals surface area contributed by atoms with Gasteiger partial charge in [0.05, 0.1) is 5.56 Å². The number of aryl methyl sites for hydroxylation is 2. The molecule has 2 aromatic rings. The molecule has 0 spiro atoms. The fourth-order valence-corrected chi connectivity index (χ4v) is 1.98. The molecule has 3 N–H and O–H groups in total. The fourth-order valence-electron chi connectivity index (χ4n) is 1.98. The van der Waals surface area contributed by atoms with Crippen molar-refractivity contribution >= 4 is 11.8 Å². The van der Waals surface area contributed by atoms with Crippen molar-refractivity contribution in [2.24, 2.45) is 0 Å². The van der Waals surface area contributed by atoms with Crippen LogP contribution in [0.15, 0.2) is 30.5 Å². The number of anilines is 1. The first-order chi connectivity index (χ1) is 8.49. The van der Waals surface area contributed by atoms with E-state index in [1.54, 1.807) is 0 Å². The van der Waals surface area contributed by atoms with Crippen molar-refractivity contribution in [2.45, 2.75) is 13.8 Å². The normalized spacial score (nSPS) is 10.3. The van der Waals surface area contributed by atoms with Gasteiger partial charge in [0.15, 0.2) is 0 Å². The number of carboxylic acid groups (broad SMARTS) is 1. The lowest BCUT2D eigenvalue weighted by molar-refractivity contribution is 0.0697. The Morgan fingerprint density at radius 3 is 2.56 bits per heavy atom. The molecule has 0 saturated carbocycles. The Kier molecular flexibility index (Phi) is 3.02. The summed E-state index contributed by atoms with van der Waals surface area (Å²) in [5, 5.41) is 9.21. The topological polar surface area (TPSA) is 76.2 Å². The summed E-state index contributed by atoms with van der Waals surface area (Å²) in [4.78, 5) is 15.2. The monoisotopic (exact) mass is 242 g/mol. The lowest BCUT2D eigenvalue weighted by Gasteiger charge is -2.10. The average molecular weight is 242 g/mol. The Morgan fingerprint density at radius 1 is 1.22 bits per heavy atom. The number of nitrogens with zero attached hydrogens (tertiary/aromatic N) is 1. The maximum atomic E-state index is 11.2. The van der Waals surface area contributed by atoms with Crippen molar-refractivity contribution in [1.29, 1.82) is 0 Å². The highest BCUT2D eigenvalue weighted by molar-refractivity contribution is 5.97. The zero-order valence-corrected chi connectivity index (χ0v) is 10.3. The molecular weight excluding hydrogens is 228 g/mol. The molecule has 4 nitrogen and oxygen atoms in total. The van der Waals surface area contributed by atoms with E-state index in [1.807, 2.05) is 32.0 Å². The number of pyridine rings is 1. The summed E-state index contributed by atoms with van der Waals surface area (Å²) < 4.78 is 0. The molecule has 0 aliphatic carbocycles. The quantitative estimate of drug-likeness (QED) is 0.848. The van der Waals surface area contributed by atoms with Crippen LogP contribution in [-0.4, -0.2) is 16.1 Å². The second-order valence-corrected chi connectivity index (χ2v) is 4.28. The van der Waals surface area contributed by atoms with Gasteiger partial charge in [0.2, 0.25) is 0 Å². The van der Waals surface area contributed by atoms with Crippen molar-refractivity contribution in [2.75, 3.05) is 5.73 Å². The van der Waals surface area contributed by atoms with Crippen LogP contribution in [0.4, 0.5) is 5.82 Å². The molecule has 1 aromatic heterocycles. The number of nitrogens with two attached hydrogens (primary N) is 1. The zero-order chi connectivity index (χ0) is 13.3. The number of hydrogen-bond donors (Lipinski definition) is 2. The van der Waals surface area contributed by atoms with E-state index in [1.165, 1.54) is 12.3 Å². The fraction of sp³-hybridized carbons (Fsp3) is 0.143. The van der Waals surface area contributed by atoms with Gasteiger partial charge in [-0.15, -0.1) is 0 Å².